The van der Waals surface area contributed by atoms with E-state index < -0.39 is 5.25 Å². The number of carbonyl (C=O) groups excluding carboxylic acids is 1. The number of fused-ring (bicyclic) bond motifs is 1. The van der Waals surface area contributed by atoms with Crippen molar-refractivity contribution in [3.05, 3.63) is 46.5 Å². The summed E-state index contributed by atoms with van der Waals surface area (Å²) in [5, 5.41) is 15.2. The van der Waals surface area contributed by atoms with E-state index in [9.17, 15) is 10.1 Å². The third kappa shape index (κ3) is 5.95. The van der Waals surface area contributed by atoms with Crippen LogP contribution in [0.3, 0.4) is 0 Å². The normalized spacial score (nSPS) is 14.1. The molecule has 0 fully saturated rings. The van der Waals surface area contributed by atoms with Gasteiger partial charge < -0.3 is 14.8 Å². The van der Waals surface area contributed by atoms with Crippen LogP contribution in [0.25, 0.3) is 11.3 Å². The summed E-state index contributed by atoms with van der Waals surface area (Å²) in [7, 11) is 3.18. The van der Waals surface area contributed by atoms with Crippen LogP contribution in [0.2, 0.25) is 0 Å². The lowest BCUT2D eigenvalue weighted by molar-refractivity contribution is -0.115. The molecule has 1 atom stereocenters. The molecule has 0 saturated heterocycles. The van der Waals surface area contributed by atoms with E-state index in [0.29, 0.717) is 27.2 Å². The second kappa shape index (κ2) is 11.6. The average molecular weight is 509 g/mol. The fourth-order valence-electron chi connectivity index (χ4n) is 4.03. The molecule has 9 heteroatoms. The number of amides is 1. The molecule has 2 aromatic heterocycles. The third-order valence-corrected chi connectivity index (χ3v) is 7.82. The molecule has 0 spiro atoms. The summed E-state index contributed by atoms with van der Waals surface area (Å²) in [5.41, 5.74) is 4.39. The molecular weight excluding hydrogens is 480 g/mol. The van der Waals surface area contributed by atoms with Gasteiger partial charge in [-0.15, -0.1) is 11.3 Å². The molecule has 4 rings (SSSR count). The first kappa shape index (κ1) is 25.0. The Hall–Kier alpha value is -3.09. The van der Waals surface area contributed by atoms with Crippen LogP contribution < -0.4 is 14.8 Å². The zero-order valence-electron chi connectivity index (χ0n) is 20.1. The number of thioether (sulfide) groups is 1. The highest BCUT2D eigenvalue weighted by Crippen LogP contribution is 2.34. The summed E-state index contributed by atoms with van der Waals surface area (Å²) in [6.45, 7) is 1.82. The number of nitrogens with zero attached hydrogens (tertiary/aromatic N) is 3. The van der Waals surface area contributed by atoms with Crippen molar-refractivity contribution in [2.24, 2.45) is 0 Å². The molecule has 35 heavy (non-hydrogen) atoms. The van der Waals surface area contributed by atoms with Crippen LogP contribution in [0.5, 0.6) is 11.5 Å². The van der Waals surface area contributed by atoms with E-state index in [4.69, 9.17) is 14.5 Å². The zero-order chi connectivity index (χ0) is 24.8. The maximum absolute atomic E-state index is 12.9. The number of methoxy groups -OCH3 is 2. The van der Waals surface area contributed by atoms with Crippen molar-refractivity contribution in [1.82, 2.24) is 9.97 Å². The van der Waals surface area contributed by atoms with Crippen LogP contribution in [0.1, 0.15) is 49.4 Å². The lowest BCUT2D eigenvalue weighted by atomic mass is 9.96. The molecule has 0 bridgehead atoms. The Kier molecular flexibility index (Phi) is 8.26. The van der Waals surface area contributed by atoms with Crippen molar-refractivity contribution >= 4 is 34.1 Å². The topological polar surface area (TPSA) is 97.1 Å². The lowest BCUT2D eigenvalue weighted by Gasteiger charge is -2.16. The summed E-state index contributed by atoms with van der Waals surface area (Å²) in [6.07, 6.45) is 6.56. The predicted octanol–water partition coefficient (Wildman–Crippen LogP) is 5.87. The number of aryl methyl sites for hydroxylation is 2. The van der Waals surface area contributed by atoms with Crippen LogP contribution in [-0.4, -0.2) is 35.3 Å². The molecule has 0 saturated carbocycles. The molecule has 1 amide bonds. The molecule has 182 valence electrons. The third-order valence-electron chi connectivity index (χ3n) is 5.96. The standard InChI is InChI=1S/C26H28N4O3S2/c1-16(35-25-19(14-27)12-17-8-6-4-5-7-9-20(17)28-25)24(31)30-26-29-21(15-34-26)18-10-11-22(32-2)23(13-18)33-3/h10-13,15-16H,4-9H2,1-3H3,(H,29,30,31). The van der Waals surface area contributed by atoms with Gasteiger partial charge in [0, 0.05) is 16.6 Å². The number of hydrogen-bond donors (Lipinski definition) is 1. The fourth-order valence-corrected chi connectivity index (χ4v) is 5.64. The Balaban J connectivity index is 1.46. The number of hydrogen-bond acceptors (Lipinski definition) is 8. The summed E-state index contributed by atoms with van der Waals surface area (Å²) in [4.78, 5) is 22.3. The number of nitriles is 1. The monoisotopic (exact) mass is 508 g/mol. The quantitative estimate of drug-likeness (QED) is 0.399. The highest BCUT2D eigenvalue weighted by Gasteiger charge is 2.21. The van der Waals surface area contributed by atoms with Gasteiger partial charge in [0.2, 0.25) is 5.91 Å². The molecule has 0 radical (unpaired) electrons. The molecule has 1 N–H and O–H groups in total. The first-order valence-electron chi connectivity index (χ1n) is 11.6. The molecule has 0 aliphatic heterocycles. The second-order valence-corrected chi connectivity index (χ2v) is 10.5. The van der Waals surface area contributed by atoms with Gasteiger partial charge in [-0.05, 0) is 62.4 Å². The van der Waals surface area contributed by atoms with E-state index in [0.717, 1.165) is 42.6 Å². The maximum Gasteiger partial charge on any atom is 0.239 e. The van der Waals surface area contributed by atoms with E-state index in [-0.39, 0.29) is 5.91 Å². The van der Waals surface area contributed by atoms with Crippen molar-refractivity contribution in [3.63, 3.8) is 0 Å². The number of rotatable bonds is 7. The molecule has 3 aromatic rings. The van der Waals surface area contributed by atoms with Crippen LogP contribution in [0, 0.1) is 11.3 Å². The van der Waals surface area contributed by atoms with Crippen molar-refractivity contribution in [2.45, 2.75) is 55.7 Å². The van der Waals surface area contributed by atoms with Crippen molar-refractivity contribution in [1.29, 1.82) is 5.26 Å². The van der Waals surface area contributed by atoms with Gasteiger partial charge in [0.25, 0.3) is 0 Å². The van der Waals surface area contributed by atoms with E-state index in [1.807, 2.05) is 36.6 Å². The molecule has 2 heterocycles. The number of nitrogens with one attached hydrogen (secondary N) is 1. The highest BCUT2D eigenvalue weighted by molar-refractivity contribution is 8.00. The number of pyridine rings is 1. The molecular formula is C26H28N4O3S2. The number of ether oxygens (including phenoxy) is 2. The van der Waals surface area contributed by atoms with Crippen molar-refractivity contribution in [3.8, 4) is 28.8 Å². The van der Waals surface area contributed by atoms with Gasteiger partial charge in [0.05, 0.1) is 30.7 Å². The first-order chi connectivity index (χ1) is 17.0. The summed E-state index contributed by atoms with van der Waals surface area (Å²) < 4.78 is 10.7. The Morgan fingerprint density at radius 2 is 1.89 bits per heavy atom. The van der Waals surface area contributed by atoms with E-state index in [1.165, 1.54) is 41.5 Å². The minimum absolute atomic E-state index is 0.180. The number of aromatic nitrogens is 2. The molecule has 1 aromatic carbocycles. The largest absolute Gasteiger partial charge is 0.493 e. The molecule has 1 aliphatic rings. The van der Waals surface area contributed by atoms with Gasteiger partial charge in [-0.25, -0.2) is 9.97 Å². The number of carbonyl (C=O) groups is 1. The Labute approximate surface area is 213 Å². The average Bonchev–Trinajstić information content (AvgIpc) is 3.32. The van der Waals surface area contributed by atoms with Crippen LogP contribution >= 0.6 is 23.1 Å². The minimum Gasteiger partial charge on any atom is -0.493 e. The summed E-state index contributed by atoms with van der Waals surface area (Å²) in [6, 6.07) is 9.82. The van der Waals surface area contributed by atoms with Crippen LogP contribution in [-0.2, 0) is 17.6 Å². The molecule has 1 aliphatic carbocycles. The Morgan fingerprint density at radius 3 is 2.63 bits per heavy atom. The van der Waals surface area contributed by atoms with Crippen LogP contribution in [0.4, 0.5) is 5.13 Å². The van der Waals surface area contributed by atoms with Gasteiger partial charge in [-0.2, -0.15) is 5.26 Å². The van der Waals surface area contributed by atoms with Crippen molar-refractivity contribution < 1.29 is 14.3 Å². The van der Waals surface area contributed by atoms with E-state index >= 15 is 0 Å². The minimum atomic E-state index is -0.436. The van der Waals surface area contributed by atoms with Gasteiger partial charge in [0.1, 0.15) is 11.1 Å². The molecule has 7 nitrogen and oxygen atoms in total. The summed E-state index contributed by atoms with van der Waals surface area (Å²) >= 11 is 2.68. The number of benzene rings is 1. The predicted molar refractivity (Wildman–Crippen MR) is 139 cm³/mol. The van der Waals surface area contributed by atoms with Crippen LogP contribution in [0.15, 0.2) is 34.7 Å². The van der Waals surface area contributed by atoms with Gasteiger partial charge in [-0.3, -0.25) is 4.79 Å². The number of anilines is 1. The van der Waals surface area contributed by atoms with E-state index in [2.05, 4.69) is 16.4 Å². The Morgan fingerprint density at radius 1 is 1.11 bits per heavy atom. The van der Waals surface area contributed by atoms with Gasteiger partial charge in [0.15, 0.2) is 16.6 Å². The first-order valence-corrected chi connectivity index (χ1v) is 13.4. The maximum atomic E-state index is 12.9. The lowest BCUT2D eigenvalue weighted by Crippen LogP contribution is -2.22. The molecule has 1 unspecified atom stereocenters. The van der Waals surface area contributed by atoms with Gasteiger partial charge >= 0.3 is 0 Å². The SMILES string of the molecule is COc1ccc(-c2csc(NC(=O)C(C)Sc3nc4c(cc3C#N)CCCCCC4)n2)cc1OC. The number of thiazole rings is 1. The smallest absolute Gasteiger partial charge is 0.239 e. The van der Waals surface area contributed by atoms with Gasteiger partial charge in [-0.1, -0.05) is 24.6 Å². The van der Waals surface area contributed by atoms with Crippen molar-refractivity contribution in [2.75, 3.05) is 19.5 Å². The highest BCUT2D eigenvalue weighted by atomic mass is 32.2. The summed E-state index contributed by atoms with van der Waals surface area (Å²) in [5.74, 6) is 1.08. The Bertz CT molecular complexity index is 1250. The van der Waals surface area contributed by atoms with E-state index in [1.54, 1.807) is 14.2 Å². The second-order valence-electron chi connectivity index (χ2n) is 8.33. The fraction of sp³-hybridized carbons (Fsp3) is 0.385. The zero-order valence-corrected chi connectivity index (χ0v) is 21.7.